The highest BCUT2D eigenvalue weighted by Crippen LogP contribution is 2.28. The zero-order chi connectivity index (χ0) is 30.3. The van der Waals surface area contributed by atoms with Gasteiger partial charge in [-0.15, -0.1) is 0 Å². The molecular formula is C33H43N3O4S. The van der Waals surface area contributed by atoms with Crippen molar-refractivity contribution in [1.82, 2.24) is 10.2 Å². The molecule has 1 N–H and O–H groups in total. The Morgan fingerprint density at radius 3 is 2.07 bits per heavy atom. The SMILES string of the molecule is CC[C@H](C(=O)NCC(C)C)N(Cc1cccc(C)c1)C(=O)CN(c1ccc(C)cc1C)S(=O)(=O)c1ccc(C)cc1. The Morgan fingerprint density at radius 2 is 1.49 bits per heavy atom. The van der Waals surface area contributed by atoms with E-state index in [1.165, 1.54) is 9.21 Å². The lowest BCUT2D eigenvalue weighted by Gasteiger charge is -2.33. The van der Waals surface area contributed by atoms with Crippen LogP contribution in [0.25, 0.3) is 0 Å². The van der Waals surface area contributed by atoms with Gasteiger partial charge in [0.1, 0.15) is 12.6 Å². The van der Waals surface area contributed by atoms with Gasteiger partial charge < -0.3 is 10.2 Å². The van der Waals surface area contributed by atoms with Gasteiger partial charge in [-0.1, -0.05) is 86.0 Å². The quantitative estimate of drug-likeness (QED) is 0.299. The Hall–Kier alpha value is -3.65. The van der Waals surface area contributed by atoms with Gasteiger partial charge in [0.25, 0.3) is 10.0 Å². The second-order valence-corrected chi connectivity index (χ2v) is 13.1. The summed E-state index contributed by atoms with van der Waals surface area (Å²) in [5.41, 5.74) is 4.98. The zero-order valence-electron chi connectivity index (χ0n) is 25.3. The van der Waals surface area contributed by atoms with Crippen molar-refractivity contribution in [3.63, 3.8) is 0 Å². The molecule has 3 aromatic carbocycles. The molecule has 8 heteroatoms. The smallest absolute Gasteiger partial charge is 0.264 e. The lowest BCUT2D eigenvalue weighted by molar-refractivity contribution is -0.140. The number of nitrogens with one attached hydrogen (secondary N) is 1. The molecule has 0 aromatic heterocycles. The van der Waals surface area contributed by atoms with Crippen molar-refractivity contribution in [1.29, 1.82) is 0 Å². The van der Waals surface area contributed by atoms with E-state index in [1.807, 2.05) is 84.9 Å². The van der Waals surface area contributed by atoms with E-state index in [0.29, 0.717) is 18.7 Å². The first-order chi connectivity index (χ1) is 19.3. The predicted octanol–water partition coefficient (Wildman–Crippen LogP) is 5.70. The van der Waals surface area contributed by atoms with E-state index in [9.17, 15) is 18.0 Å². The third-order valence-electron chi connectivity index (χ3n) is 7.01. The number of carbonyl (C=O) groups excluding carboxylic acids is 2. The largest absolute Gasteiger partial charge is 0.354 e. The molecule has 0 aliphatic carbocycles. The number of carbonyl (C=O) groups is 2. The number of hydrogen-bond donors (Lipinski definition) is 1. The van der Waals surface area contributed by atoms with Crippen molar-refractivity contribution in [3.8, 4) is 0 Å². The fourth-order valence-corrected chi connectivity index (χ4v) is 6.26. The van der Waals surface area contributed by atoms with Crippen LogP contribution in [0, 0.1) is 33.6 Å². The van der Waals surface area contributed by atoms with Crippen molar-refractivity contribution in [2.75, 3.05) is 17.4 Å². The highest BCUT2D eigenvalue weighted by atomic mass is 32.2. The fourth-order valence-electron chi connectivity index (χ4n) is 4.79. The standard InChI is InChI=1S/C33H43N3O4S/c1-8-30(33(38)34-20-23(2)3)35(21-28-11-9-10-25(5)19-28)32(37)22-36(31-17-14-26(6)18-27(31)7)41(39,40)29-15-12-24(4)13-16-29/h9-19,23,30H,8,20-22H2,1-7H3,(H,34,38)/t30-/m1/s1. The van der Waals surface area contributed by atoms with Crippen LogP contribution in [0.5, 0.6) is 0 Å². The number of hydrogen-bond acceptors (Lipinski definition) is 4. The number of sulfonamides is 1. The first-order valence-electron chi connectivity index (χ1n) is 14.1. The Labute approximate surface area is 245 Å². The number of aryl methyl sites for hydroxylation is 4. The maximum atomic E-state index is 14.2. The number of amides is 2. The number of nitrogens with zero attached hydrogens (tertiary/aromatic N) is 2. The molecule has 0 aliphatic rings. The van der Waals surface area contributed by atoms with E-state index in [2.05, 4.69) is 5.32 Å². The second-order valence-electron chi connectivity index (χ2n) is 11.2. The van der Waals surface area contributed by atoms with Gasteiger partial charge in [0.2, 0.25) is 11.8 Å². The van der Waals surface area contributed by atoms with Crippen LogP contribution in [-0.4, -0.2) is 44.3 Å². The molecule has 0 radical (unpaired) electrons. The summed E-state index contributed by atoms with van der Waals surface area (Å²) in [7, 11) is -4.10. The van der Waals surface area contributed by atoms with E-state index >= 15 is 0 Å². The van der Waals surface area contributed by atoms with Gasteiger partial charge in [-0.25, -0.2) is 8.42 Å². The fraction of sp³-hybridized carbons (Fsp3) is 0.394. The first kappa shape index (κ1) is 31.9. The molecule has 41 heavy (non-hydrogen) atoms. The average molecular weight is 578 g/mol. The molecule has 220 valence electrons. The summed E-state index contributed by atoms with van der Waals surface area (Å²) in [4.78, 5) is 29.2. The van der Waals surface area contributed by atoms with Gasteiger partial charge in [0.15, 0.2) is 0 Å². The topological polar surface area (TPSA) is 86.8 Å². The van der Waals surface area contributed by atoms with Crippen molar-refractivity contribution in [2.24, 2.45) is 5.92 Å². The van der Waals surface area contributed by atoms with E-state index < -0.39 is 28.5 Å². The maximum Gasteiger partial charge on any atom is 0.264 e. The van der Waals surface area contributed by atoms with Gasteiger partial charge in [-0.2, -0.15) is 0 Å². The van der Waals surface area contributed by atoms with Crippen molar-refractivity contribution in [2.45, 2.75) is 72.4 Å². The molecule has 0 saturated carbocycles. The minimum absolute atomic E-state index is 0.0998. The molecule has 0 aliphatic heterocycles. The third kappa shape index (κ3) is 8.19. The van der Waals surface area contributed by atoms with Gasteiger partial charge in [-0.3, -0.25) is 13.9 Å². The van der Waals surface area contributed by atoms with Crippen LogP contribution in [0.3, 0.4) is 0 Å². The molecular weight excluding hydrogens is 534 g/mol. The summed E-state index contributed by atoms with van der Waals surface area (Å²) >= 11 is 0. The number of rotatable bonds is 12. The molecule has 3 aromatic rings. The van der Waals surface area contributed by atoms with E-state index in [1.54, 1.807) is 30.3 Å². The number of benzene rings is 3. The van der Waals surface area contributed by atoms with Crippen LogP contribution < -0.4 is 9.62 Å². The van der Waals surface area contributed by atoms with Crippen LogP contribution in [0.1, 0.15) is 55.0 Å². The maximum absolute atomic E-state index is 14.2. The molecule has 0 spiro atoms. The van der Waals surface area contributed by atoms with Crippen LogP contribution in [0.15, 0.2) is 71.6 Å². The Morgan fingerprint density at radius 1 is 0.854 bits per heavy atom. The lowest BCUT2D eigenvalue weighted by atomic mass is 10.1. The van der Waals surface area contributed by atoms with Crippen LogP contribution in [0.2, 0.25) is 0 Å². The highest BCUT2D eigenvalue weighted by molar-refractivity contribution is 7.92. The monoisotopic (exact) mass is 577 g/mol. The van der Waals surface area contributed by atoms with E-state index in [-0.39, 0.29) is 23.3 Å². The van der Waals surface area contributed by atoms with Crippen LogP contribution in [-0.2, 0) is 26.2 Å². The molecule has 0 bridgehead atoms. The van der Waals surface area contributed by atoms with Gasteiger partial charge in [-0.05, 0) is 69.4 Å². The summed E-state index contributed by atoms with van der Waals surface area (Å²) < 4.78 is 29.3. The summed E-state index contributed by atoms with van der Waals surface area (Å²) in [6.07, 6.45) is 0.385. The van der Waals surface area contributed by atoms with Gasteiger partial charge >= 0.3 is 0 Å². The number of anilines is 1. The van der Waals surface area contributed by atoms with Crippen LogP contribution >= 0.6 is 0 Å². The van der Waals surface area contributed by atoms with Crippen molar-refractivity contribution < 1.29 is 18.0 Å². The molecule has 0 saturated heterocycles. The van der Waals surface area contributed by atoms with Crippen molar-refractivity contribution >= 4 is 27.5 Å². The average Bonchev–Trinajstić information content (AvgIpc) is 2.91. The minimum Gasteiger partial charge on any atom is -0.354 e. The minimum atomic E-state index is -4.10. The molecule has 1 atom stereocenters. The molecule has 2 amide bonds. The lowest BCUT2D eigenvalue weighted by Crippen LogP contribution is -2.52. The zero-order valence-corrected chi connectivity index (χ0v) is 26.1. The molecule has 7 nitrogen and oxygen atoms in total. The Kier molecular flexibility index (Phi) is 10.7. The first-order valence-corrected chi connectivity index (χ1v) is 15.6. The molecule has 3 rings (SSSR count). The molecule has 0 heterocycles. The highest BCUT2D eigenvalue weighted by Gasteiger charge is 2.34. The third-order valence-corrected chi connectivity index (χ3v) is 8.79. The summed E-state index contributed by atoms with van der Waals surface area (Å²) in [5, 5.41) is 2.96. The van der Waals surface area contributed by atoms with Crippen LogP contribution in [0.4, 0.5) is 5.69 Å². The summed E-state index contributed by atoms with van der Waals surface area (Å²) in [6.45, 7) is 13.7. The molecule has 0 unspecified atom stereocenters. The van der Waals surface area contributed by atoms with Gasteiger partial charge in [0.05, 0.1) is 10.6 Å². The second kappa shape index (κ2) is 13.8. The van der Waals surface area contributed by atoms with E-state index in [0.717, 1.165) is 27.8 Å². The predicted molar refractivity (Wildman–Crippen MR) is 165 cm³/mol. The molecule has 0 fully saturated rings. The Bertz CT molecular complexity index is 1470. The summed E-state index contributed by atoms with van der Waals surface area (Å²) in [6, 6.07) is 19.1. The Balaban J connectivity index is 2.08. The normalized spacial score (nSPS) is 12.2. The van der Waals surface area contributed by atoms with Gasteiger partial charge in [0, 0.05) is 13.1 Å². The van der Waals surface area contributed by atoms with E-state index in [4.69, 9.17) is 0 Å². The van der Waals surface area contributed by atoms with Crippen molar-refractivity contribution in [3.05, 3.63) is 94.5 Å². The summed E-state index contributed by atoms with van der Waals surface area (Å²) in [5.74, 6) is -0.451.